The lowest BCUT2D eigenvalue weighted by molar-refractivity contribution is 0.0826. The van der Waals surface area contributed by atoms with Gasteiger partial charge in [-0.25, -0.2) is 4.68 Å². The number of unbranched alkanes of at least 4 members (excludes halogenated alkanes) is 1. The molecule has 0 unspecified atom stereocenters. The molecule has 0 spiro atoms. The predicted molar refractivity (Wildman–Crippen MR) is 135 cm³/mol. The van der Waals surface area contributed by atoms with E-state index in [9.17, 15) is 5.11 Å². The van der Waals surface area contributed by atoms with Gasteiger partial charge in [0.25, 0.3) is 0 Å². The zero-order valence-electron chi connectivity index (χ0n) is 20.8. The molecule has 5 nitrogen and oxygen atoms in total. The van der Waals surface area contributed by atoms with E-state index in [0.29, 0.717) is 19.1 Å². The summed E-state index contributed by atoms with van der Waals surface area (Å²) in [6.45, 7) is 12.0. The molecule has 0 saturated heterocycles. The van der Waals surface area contributed by atoms with Crippen LogP contribution in [0.4, 0.5) is 0 Å². The van der Waals surface area contributed by atoms with Gasteiger partial charge >= 0.3 is 0 Å². The summed E-state index contributed by atoms with van der Waals surface area (Å²) >= 11 is 0. The normalized spacial score (nSPS) is 12.5. The summed E-state index contributed by atoms with van der Waals surface area (Å²) in [5.41, 5.74) is 4.27. The van der Waals surface area contributed by atoms with E-state index in [4.69, 9.17) is 9.84 Å². The first kappa shape index (κ1) is 25.0. The number of hydrogen-bond acceptors (Lipinski definition) is 4. The molecule has 0 aliphatic heterocycles. The Kier molecular flexibility index (Phi) is 9.10. The molecule has 0 fully saturated rings. The maximum atomic E-state index is 10.6. The van der Waals surface area contributed by atoms with Crippen molar-refractivity contribution in [2.24, 2.45) is 0 Å². The second kappa shape index (κ2) is 12.0. The first-order chi connectivity index (χ1) is 15.9. The minimum atomic E-state index is -0.330. The number of para-hydroxylation sites is 1. The summed E-state index contributed by atoms with van der Waals surface area (Å²) in [6.07, 6.45) is 3.45. The topological polar surface area (TPSA) is 50.5 Å². The van der Waals surface area contributed by atoms with Crippen molar-refractivity contribution in [1.29, 1.82) is 0 Å². The van der Waals surface area contributed by atoms with E-state index in [1.807, 2.05) is 47.1 Å². The molecule has 0 radical (unpaired) electrons. The second-order valence-electron chi connectivity index (χ2n) is 9.07. The van der Waals surface area contributed by atoms with Gasteiger partial charge in [-0.1, -0.05) is 62.6 Å². The van der Waals surface area contributed by atoms with Crippen LogP contribution >= 0.6 is 0 Å². The Hall–Kier alpha value is -2.63. The average Bonchev–Trinajstić information content (AvgIpc) is 3.16. The van der Waals surface area contributed by atoms with Crippen molar-refractivity contribution < 1.29 is 9.84 Å². The van der Waals surface area contributed by atoms with E-state index >= 15 is 0 Å². The summed E-state index contributed by atoms with van der Waals surface area (Å²) in [6, 6.07) is 18.5. The average molecular weight is 450 g/mol. The van der Waals surface area contributed by atoms with Gasteiger partial charge in [0.1, 0.15) is 5.75 Å². The zero-order chi connectivity index (χ0) is 23.8. The van der Waals surface area contributed by atoms with Crippen LogP contribution in [0.5, 0.6) is 11.6 Å². The monoisotopic (exact) mass is 449 g/mol. The number of hydrogen-bond donors (Lipinski definition) is 1. The van der Waals surface area contributed by atoms with Gasteiger partial charge in [-0.05, 0) is 57.9 Å². The Balaban J connectivity index is 2.00. The molecule has 3 aromatic rings. The second-order valence-corrected chi connectivity index (χ2v) is 9.07. The lowest BCUT2D eigenvalue weighted by atomic mass is 10.1. The van der Waals surface area contributed by atoms with Crippen LogP contribution in [0.15, 0.2) is 54.6 Å². The molecule has 1 N–H and O–H groups in total. The Morgan fingerprint density at radius 2 is 1.73 bits per heavy atom. The molecule has 0 bridgehead atoms. The fraction of sp³-hybridized carbons (Fsp3) is 0.464. The molecular weight excluding hydrogens is 410 g/mol. The molecule has 0 amide bonds. The van der Waals surface area contributed by atoms with Crippen LogP contribution in [0.1, 0.15) is 63.8 Å². The summed E-state index contributed by atoms with van der Waals surface area (Å²) in [4.78, 5) is 2.33. The molecule has 1 aromatic heterocycles. The van der Waals surface area contributed by atoms with Crippen LogP contribution in [-0.4, -0.2) is 38.5 Å². The number of benzene rings is 2. The minimum absolute atomic E-state index is 0.290. The number of aromatic nitrogens is 2. The van der Waals surface area contributed by atoms with Crippen molar-refractivity contribution in [2.75, 3.05) is 6.54 Å². The van der Waals surface area contributed by atoms with Gasteiger partial charge < -0.3 is 9.84 Å². The highest BCUT2D eigenvalue weighted by Crippen LogP contribution is 2.33. The Labute approximate surface area is 199 Å². The van der Waals surface area contributed by atoms with E-state index < -0.39 is 0 Å². The third kappa shape index (κ3) is 6.68. The van der Waals surface area contributed by atoms with Gasteiger partial charge in [-0.3, -0.25) is 4.90 Å². The van der Waals surface area contributed by atoms with Crippen molar-refractivity contribution in [2.45, 2.75) is 79.0 Å². The molecule has 0 aliphatic rings. The van der Waals surface area contributed by atoms with Gasteiger partial charge in [-0.15, -0.1) is 0 Å². The lowest BCUT2D eigenvalue weighted by Crippen LogP contribution is -2.37. The van der Waals surface area contributed by atoms with Gasteiger partial charge in [0, 0.05) is 19.1 Å². The van der Waals surface area contributed by atoms with Gasteiger partial charge in [0.2, 0.25) is 5.88 Å². The highest BCUT2D eigenvalue weighted by atomic mass is 16.5. The Bertz CT molecular complexity index is 980. The largest absolute Gasteiger partial charge is 0.439 e. The van der Waals surface area contributed by atoms with Crippen LogP contribution in [0.2, 0.25) is 0 Å². The summed E-state index contributed by atoms with van der Waals surface area (Å²) in [7, 11) is 0. The Morgan fingerprint density at radius 3 is 2.33 bits per heavy atom. The minimum Gasteiger partial charge on any atom is -0.439 e. The van der Waals surface area contributed by atoms with Crippen LogP contribution < -0.4 is 4.74 Å². The van der Waals surface area contributed by atoms with E-state index in [1.54, 1.807) is 0 Å². The maximum absolute atomic E-state index is 10.6. The van der Waals surface area contributed by atoms with Crippen LogP contribution in [-0.2, 0) is 13.0 Å². The number of rotatable bonds is 12. The van der Waals surface area contributed by atoms with Crippen molar-refractivity contribution in [3.8, 4) is 17.3 Å². The van der Waals surface area contributed by atoms with E-state index in [0.717, 1.165) is 54.3 Å². The van der Waals surface area contributed by atoms with Gasteiger partial charge in [0.05, 0.1) is 23.0 Å². The van der Waals surface area contributed by atoms with Crippen molar-refractivity contribution in [1.82, 2.24) is 14.7 Å². The van der Waals surface area contributed by atoms with E-state index in [2.05, 4.69) is 51.7 Å². The van der Waals surface area contributed by atoms with Crippen molar-refractivity contribution in [3.63, 3.8) is 0 Å². The summed E-state index contributed by atoms with van der Waals surface area (Å²) in [5.74, 6) is 1.54. The molecule has 33 heavy (non-hydrogen) atoms. The number of ether oxygens (including phenoxy) is 1. The number of aliphatic hydroxyl groups excluding tert-OH is 1. The summed E-state index contributed by atoms with van der Waals surface area (Å²) < 4.78 is 8.41. The summed E-state index contributed by atoms with van der Waals surface area (Å²) in [5, 5.41) is 15.6. The first-order valence-corrected chi connectivity index (χ1v) is 12.3. The lowest BCUT2D eigenvalue weighted by Gasteiger charge is -2.29. The van der Waals surface area contributed by atoms with Gasteiger partial charge in [-0.2, -0.15) is 5.10 Å². The first-order valence-electron chi connectivity index (χ1n) is 12.3. The fourth-order valence-corrected chi connectivity index (χ4v) is 3.95. The Morgan fingerprint density at radius 1 is 1.03 bits per heavy atom. The molecule has 0 aliphatic carbocycles. The molecule has 5 heteroatoms. The molecule has 0 saturated carbocycles. The van der Waals surface area contributed by atoms with E-state index in [1.165, 1.54) is 5.56 Å². The fourth-order valence-electron chi connectivity index (χ4n) is 3.95. The zero-order valence-corrected chi connectivity index (χ0v) is 20.8. The molecule has 3 rings (SSSR count). The van der Waals surface area contributed by atoms with Crippen LogP contribution in [0, 0.1) is 6.92 Å². The predicted octanol–water partition coefficient (Wildman–Crippen LogP) is 6.30. The SMILES string of the molecule is CCCC[C@H](O)CN(Cc1c(CC)nn(-c2ccccc2)c1Oc1ccc(C)cc1)C(C)C. The molecular formula is C28H39N3O2. The smallest absolute Gasteiger partial charge is 0.227 e. The quantitative estimate of drug-likeness (QED) is 0.353. The number of aryl methyl sites for hydroxylation is 2. The standard InChI is InChI=1S/C28H39N3O2/c1-6-8-14-24(32)19-30(21(3)4)20-26-27(7-2)29-31(23-12-10-9-11-13-23)28(26)33-25-17-15-22(5)16-18-25/h9-13,15-18,21,24,32H,6-8,14,19-20H2,1-5H3/t24-/m0/s1. The van der Waals surface area contributed by atoms with Crippen molar-refractivity contribution >= 4 is 0 Å². The van der Waals surface area contributed by atoms with Crippen molar-refractivity contribution in [3.05, 3.63) is 71.4 Å². The highest BCUT2D eigenvalue weighted by molar-refractivity contribution is 5.44. The molecule has 1 atom stereocenters. The third-order valence-corrected chi connectivity index (χ3v) is 6.02. The third-order valence-electron chi connectivity index (χ3n) is 6.02. The maximum Gasteiger partial charge on any atom is 0.227 e. The number of aliphatic hydroxyl groups is 1. The molecule has 2 aromatic carbocycles. The van der Waals surface area contributed by atoms with E-state index in [-0.39, 0.29) is 6.10 Å². The highest BCUT2D eigenvalue weighted by Gasteiger charge is 2.24. The number of nitrogens with zero attached hydrogens (tertiary/aromatic N) is 3. The molecule has 1 heterocycles. The van der Waals surface area contributed by atoms with Crippen LogP contribution in [0.25, 0.3) is 5.69 Å². The van der Waals surface area contributed by atoms with Crippen LogP contribution in [0.3, 0.4) is 0 Å². The molecule has 178 valence electrons. The van der Waals surface area contributed by atoms with Gasteiger partial charge in [0.15, 0.2) is 0 Å².